The minimum Gasteiger partial charge on any atom is -0.478 e. The van der Waals surface area contributed by atoms with Crippen LogP contribution in [0.4, 0.5) is 5.69 Å². The van der Waals surface area contributed by atoms with E-state index in [0.717, 1.165) is 12.0 Å². The number of carbonyl (C=O) groups is 1. The van der Waals surface area contributed by atoms with Crippen LogP contribution in [-0.2, 0) is 0 Å². The summed E-state index contributed by atoms with van der Waals surface area (Å²) in [6, 6.07) is 14.3. The third-order valence-corrected chi connectivity index (χ3v) is 5.57. The molecule has 1 aliphatic carbocycles. The molecule has 2 aromatic carbocycles. The smallest absolute Gasteiger partial charge is 0.335 e. The second-order valence-electron chi connectivity index (χ2n) is 7.40. The number of carboxylic acids is 1. The van der Waals surface area contributed by atoms with E-state index in [1.165, 1.54) is 16.8 Å². The molecule has 4 rings (SSSR count). The molecule has 0 amide bonds. The van der Waals surface area contributed by atoms with Crippen LogP contribution in [0.15, 0.2) is 54.6 Å². The first-order chi connectivity index (χ1) is 12.0. The summed E-state index contributed by atoms with van der Waals surface area (Å²) in [4.78, 5) is 11.1. The van der Waals surface area contributed by atoms with E-state index in [1.807, 2.05) is 12.1 Å². The highest BCUT2D eigenvalue weighted by Gasteiger charge is 2.37. The topological polar surface area (TPSA) is 49.3 Å². The molecule has 0 aromatic heterocycles. The molecule has 3 heteroatoms. The fraction of sp³-hybridized carbons (Fsp3) is 0.318. The number of aromatic carboxylic acids is 1. The highest BCUT2D eigenvalue weighted by Crippen LogP contribution is 2.50. The molecular weight excluding hydrogens is 310 g/mol. The van der Waals surface area contributed by atoms with E-state index < -0.39 is 5.97 Å². The standard InChI is InChI=1S/C22H23NO2/c1-13(2)16-10-11-20-19(12-16)17-4-3-5-18(17)21(23-20)14-6-8-15(9-7-14)22(24)25/h3-4,6-13,17-18,21,23H,5H2,1-2H3,(H,24,25)/t17-,18-,21-/m0/s1. The van der Waals surface area contributed by atoms with Crippen LogP contribution in [-0.4, -0.2) is 11.1 Å². The van der Waals surface area contributed by atoms with Gasteiger partial charge in [-0.25, -0.2) is 4.79 Å². The highest BCUT2D eigenvalue weighted by atomic mass is 16.4. The number of fused-ring (bicyclic) bond motifs is 3. The lowest BCUT2D eigenvalue weighted by atomic mass is 9.76. The summed E-state index contributed by atoms with van der Waals surface area (Å²) in [6.07, 6.45) is 5.67. The van der Waals surface area contributed by atoms with Crippen molar-refractivity contribution in [2.24, 2.45) is 5.92 Å². The van der Waals surface area contributed by atoms with Gasteiger partial charge >= 0.3 is 5.97 Å². The van der Waals surface area contributed by atoms with Gasteiger partial charge in [-0.1, -0.05) is 50.3 Å². The van der Waals surface area contributed by atoms with E-state index in [4.69, 9.17) is 5.11 Å². The number of benzene rings is 2. The fourth-order valence-corrected chi connectivity index (χ4v) is 4.14. The molecule has 2 aromatic rings. The van der Waals surface area contributed by atoms with Crippen molar-refractivity contribution in [3.63, 3.8) is 0 Å². The quantitative estimate of drug-likeness (QED) is 0.746. The summed E-state index contributed by atoms with van der Waals surface area (Å²) in [5, 5.41) is 12.8. The molecule has 2 N–H and O–H groups in total. The van der Waals surface area contributed by atoms with Crippen LogP contribution in [0.5, 0.6) is 0 Å². The summed E-state index contributed by atoms with van der Waals surface area (Å²) in [6.45, 7) is 4.46. The molecule has 3 nitrogen and oxygen atoms in total. The predicted octanol–water partition coefficient (Wildman–Crippen LogP) is 5.33. The van der Waals surface area contributed by atoms with Gasteiger partial charge in [-0.3, -0.25) is 0 Å². The lowest BCUT2D eigenvalue weighted by Crippen LogP contribution is -2.29. The van der Waals surface area contributed by atoms with Crippen molar-refractivity contribution < 1.29 is 9.90 Å². The number of allylic oxidation sites excluding steroid dienone is 2. The normalized spacial score (nSPS) is 23.9. The zero-order valence-electron chi connectivity index (χ0n) is 14.6. The van der Waals surface area contributed by atoms with Crippen LogP contribution in [0.3, 0.4) is 0 Å². The summed E-state index contributed by atoms with van der Waals surface area (Å²) in [5.74, 6) is 0.551. The van der Waals surface area contributed by atoms with Gasteiger partial charge in [-0.05, 0) is 53.1 Å². The molecule has 2 aliphatic rings. The maximum Gasteiger partial charge on any atom is 0.335 e. The SMILES string of the molecule is CC(C)c1ccc2c(c1)[C@H]1C=CC[C@@H]1[C@H](c1ccc(C(=O)O)cc1)N2. The van der Waals surface area contributed by atoms with Crippen molar-refractivity contribution in [1.82, 2.24) is 0 Å². The molecule has 1 aliphatic heterocycles. The lowest BCUT2D eigenvalue weighted by molar-refractivity contribution is 0.0697. The molecule has 0 spiro atoms. The molecule has 0 fully saturated rings. The Balaban J connectivity index is 1.71. The maximum atomic E-state index is 11.1. The van der Waals surface area contributed by atoms with Gasteiger partial charge in [0.15, 0.2) is 0 Å². The van der Waals surface area contributed by atoms with Crippen LogP contribution >= 0.6 is 0 Å². The number of anilines is 1. The van der Waals surface area contributed by atoms with Gasteiger partial charge in [0, 0.05) is 11.6 Å². The number of hydrogen-bond donors (Lipinski definition) is 2. The minimum atomic E-state index is -0.880. The van der Waals surface area contributed by atoms with Crippen LogP contribution < -0.4 is 5.32 Å². The Labute approximate surface area is 148 Å². The molecule has 0 saturated heterocycles. The Kier molecular flexibility index (Phi) is 3.87. The van der Waals surface area contributed by atoms with E-state index in [0.29, 0.717) is 23.3 Å². The number of nitrogens with one attached hydrogen (secondary N) is 1. The van der Waals surface area contributed by atoms with Crippen LogP contribution in [0.2, 0.25) is 0 Å². The van der Waals surface area contributed by atoms with E-state index in [9.17, 15) is 4.79 Å². The third-order valence-electron chi connectivity index (χ3n) is 5.57. The van der Waals surface area contributed by atoms with Crippen molar-refractivity contribution in [3.8, 4) is 0 Å². The van der Waals surface area contributed by atoms with E-state index in [-0.39, 0.29) is 6.04 Å². The Morgan fingerprint density at radius 2 is 1.92 bits per heavy atom. The van der Waals surface area contributed by atoms with Crippen molar-refractivity contribution in [2.45, 2.75) is 38.1 Å². The average molecular weight is 333 g/mol. The Hall–Kier alpha value is -2.55. The van der Waals surface area contributed by atoms with Gasteiger partial charge in [0.2, 0.25) is 0 Å². The van der Waals surface area contributed by atoms with Crippen molar-refractivity contribution in [2.75, 3.05) is 5.32 Å². The van der Waals surface area contributed by atoms with E-state index in [2.05, 4.69) is 49.5 Å². The summed E-state index contributed by atoms with van der Waals surface area (Å²) < 4.78 is 0. The number of carboxylic acid groups (broad SMARTS) is 1. The summed E-state index contributed by atoms with van der Waals surface area (Å²) in [7, 11) is 0. The summed E-state index contributed by atoms with van der Waals surface area (Å²) >= 11 is 0. The Morgan fingerprint density at radius 3 is 2.60 bits per heavy atom. The summed E-state index contributed by atoms with van der Waals surface area (Å²) in [5.41, 5.74) is 5.46. The molecule has 0 unspecified atom stereocenters. The van der Waals surface area contributed by atoms with Crippen LogP contribution in [0, 0.1) is 5.92 Å². The van der Waals surface area contributed by atoms with Gasteiger partial charge in [-0.2, -0.15) is 0 Å². The van der Waals surface area contributed by atoms with Gasteiger partial charge in [0.1, 0.15) is 0 Å². The second kappa shape index (κ2) is 6.07. The minimum absolute atomic E-state index is 0.209. The molecule has 0 radical (unpaired) electrons. The largest absolute Gasteiger partial charge is 0.478 e. The van der Waals surface area contributed by atoms with E-state index in [1.54, 1.807) is 12.1 Å². The second-order valence-corrected chi connectivity index (χ2v) is 7.40. The molecule has 0 saturated carbocycles. The highest BCUT2D eigenvalue weighted by molar-refractivity contribution is 5.87. The first-order valence-electron chi connectivity index (χ1n) is 8.95. The molecule has 0 bridgehead atoms. The average Bonchev–Trinajstić information content (AvgIpc) is 3.10. The number of rotatable bonds is 3. The molecular formula is C22H23NO2. The molecule has 3 atom stereocenters. The van der Waals surface area contributed by atoms with Crippen molar-refractivity contribution >= 4 is 11.7 Å². The van der Waals surface area contributed by atoms with Crippen LogP contribution in [0.1, 0.15) is 65.2 Å². The van der Waals surface area contributed by atoms with Gasteiger partial charge in [-0.15, -0.1) is 0 Å². The zero-order chi connectivity index (χ0) is 17.6. The van der Waals surface area contributed by atoms with Gasteiger partial charge in [0.05, 0.1) is 11.6 Å². The number of hydrogen-bond acceptors (Lipinski definition) is 2. The van der Waals surface area contributed by atoms with Gasteiger partial charge in [0.25, 0.3) is 0 Å². The van der Waals surface area contributed by atoms with Crippen molar-refractivity contribution in [1.29, 1.82) is 0 Å². The monoisotopic (exact) mass is 333 g/mol. The molecule has 128 valence electrons. The third kappa shape index (κ3) is 2.74. The first-order valence-corrected chi connectivity index (χ1v) is 8.95. The maximum absolute atomic E-state index is 11.1. The molecule has 25 heavy (non-hydrogen) atoms. The predicted molar refractivity (Wildman–Crippen MR) is 100 cm³/mol. The first kappa shape index (κ1) is 15.9. The Morgan fingerprint density at radius 1 is 1.16 bits per heavy atom. The lowest BCUT2D eigenvalue weighted by Gasteiger charge is -2.38. The van der Waals surface area contributed by atoms with Crippen molar-refractivity contribution in [3.05, 3.63) is 76.9 Å². The van der Waals surface area contributed by atoms with E-state index >= 15 is 0 Å². The molecule has 1 heterocycles. The fourth-order valence-electron chi connectivity index (χ4n) is 4.14. The van der Waals surface area contributed by atoms with Gasteiger partial charge < -0.3 is 10.4 Å². The van der Waals surface area contributed by atoms with Crippen LogP contribution in [0.25, 0.3) is 0 Å². The Bertz CT molecular complexity index is 836. The zero-order valence-corrected chi connectivity index (χ0v) is 14.6.